The highest BCUT2D eigenvalue weighted by molar-refractivity contribution is 5.62. The number of ether oxygens (including phenoxy) is 1. The highest BCUT2D eigenvalue weighted by Gasteiger charge is 2.07. The quantitative estimate of drug-likeness (QED) is 0.495. The fourth-order valence-electron chi connectivity index (χ4n) is 1.29. The number of hydroxylamine groups is 1. The number of nitrogens with one attached hydrogen (secondary N) is 1. The largest absolute Gasteiger partial charge is 0.434 e. The topological polar surface area (TPSA) is 66.7 Å². The van der Waals surface area contributed by atoms with Crippen LogP contribution in [0, 0.1) is 5.82 Å². The van der Waals surface area contributed by atoms with Crippen molar-refractivity contribution in [2.45, 2.75) is 0 Å². The lowest BCUT2D eigenvalue weighted by Crippen LogP contribution is -2.01. The van der Waals surface area contributed by atoms with Gasteiger partial charge in [-0.2, -0.15) is 0 Å². The first-order valence-electron chi connectivity index (χ1n) is 5.11. The van der Waals surface area contributed by atoms with Crippen LogP contribution in [0.3, 0.4) is 0 Å². The Labute approximate surface area is 103 Å². The zero-order valence-electron chi connectivity index (χ0n) is 9.25. The van der Waals surface area contributed by atoms with Gasteiger partial charge in [0.25, 0.3) is 0 Å². The lowest BCUT2D eigenvalue weighted by Gasteiger charge is -2.07. The van der Waals surface area contributed by atoms with Gasteiger partial charge in [0.1, 0.15) is 12.0 Å². The molecule has 18 heavy (non-hydrogen) atoms. The summed E-state index contributed by atoms with van der Waals surface area (Å²) in [5.74, 6) is -0.280. The molecule has 0 bridgehead atoms. The summed E-state index contributed by atoms with van der Waals surface area (Å²) in [6.07, 6.45) is 2.56. The van der Waals surface area contributed by atoms with E-state index in [1.807, 2.05) is 0 Å². The summed E-state index contributed by atoms with van der Waals surface area (Å²) in [6, 6.07) is 9.27. The maximum atomic E-state index is 13.4. The molecule has 92 valence electrons. The number of pyridine rings is 1. The third-order valence-corrected chi connectivity index (χ3v) is 2.06. The normalized spacial score (nSPS) is 10.6. The lowest BCUT2D eigenvalue weighted by molar-refractivity contribution is 0.240. The standard InChI is InChI=1S/C12H10FN3O2/c13-9-4-1-2-6-11(9)18-12-10(15-8-16-17)5-3-7-14-12/h1-8,17H,(H,15,16). The summed E-state index contributed by atoms with van der Waals surface area (Å²) >= 11 is 0. The van der Waals surface area contributed by atoms with Crippen molar-refractivity contribution in [3.63, 3.8) is 0 Å². The van der Waals surface area contributed by atoms with E-state index in [9.17, 15) is 4.39 Å². The van der Waals surface area contributed by atoms with E-state index in [0.29, 0.717) is 5.69 Å². The van der Waals surface area contributed by atoms with Crippen LogP contribution in [0.2, 0.25) is 0 Å². The number of rotatable bonds is 4. The number of aliphatic imine (C=N–C) groups is 1. The van der Waals surface area contributed by atoms with E-state index >= 15 is 0 Å². The second-order valence-electron chi connectivity index (χ2n) is 3.25. The number of halogens is 1. The van der Waals surface area contributed by atoms with E-state index < -0.39 is 5.82 Å². The summed E-state index contributed by atoms with van der Waals surface area (Å²) in [5.41, 5.74) is 2.13. The fraction of sp³-hybridized carbons (Fsp3) is 0. The van der Waals surface area contributed by atoms with Gasteiger partial charge in [-0.15, -0.1) is 0 Å². The van der Waals surface area contributed by atoms with Gasteiger partial charge in [0.05, 0.1) is 0 Å². The number of nitrogens with zero attached hydrogens (tertiary/aromatic N) is 2. The van der Waals surface area contributed by atoms with Crippen LogP contribution in [0.15, 0.2) is 47.6 Å². The van der Waals surface area contributed by atoms with Crippen molar-refractivity contribution in [1.82, 2.24) is 10.5 Å². The molecule has 2 N–H and O–H groups in total. The summed E-state index contributed by atoms with van der Waals surface area (Å²) in [7, 11) is 0. The smallest absolute Gasteiger partial charge is 0.245 e. The van der Waals surface area contributed by atoms with Gasteiger partial charge in [-0.25, -0.2) is 14.4 Å². The summed E-state index contributed by atoms with van der Waals surface area (Å²) in [6.45, 7) is 0. The second kappa shape index (κ2) is 5.74. The van der Waals surface area contributed by atoms with Crippen LogP contribution in [0.1, 0.15) is 0 Å². The van der Waals surface area contributed by atoms with E-state index in [1.54, 1.807) is 29.7 Å². The van der Waals surface area contributed by atoms with E-state index in [0.717, 1.165) is 6.34 Å². The Morgan fingerprint density at radius 1 is 1.28 bits per heavy atom. The van der Waals surface area contributed by atoms with Gasteiger partial charge in [0.2, 0.25) is 5.88 Å². The maximum Gasteiger partial charge on any atom is 0.245 e. The average Bonchev–Trinajstić information content (AvgIpc) is 2.40. The zero-order valence-corrected chi connectivity index (χ0v) is 9.25. The van der Waals surface area contributed by atoms with Crippen LogP contribution in [-0.4, -0.2) is 16.5 Å². The number of benzene rings is 1. The molecule has 1 aromatic heterocycles. The Kier molecular flexibility index (Phi) is 3.83. The molecule has 0 unspecified atom stereocenters. The highest BCUT2D eigenvalue weighted by atomic mass is 19.1. The molecule has 0 aliphatic heterocycles. The molecule has 0 atom stereocenters. The summed E-state index contributed by atoms with van der Waals surface area (Å²) in [5, 5.41) is 8.43. The SMILES string of the molecule is ONC=Nc1cccnc1Oc1ccccc1F. The molecule has 2 aromatic rings. The van der Waals surface area contributed by atoms with Crippen LogP contribution < -0.4 is 10.2 Å². The average molecular weight is 247 g/mol. The van der Waals surface area contributed by atoms with Gasteiger partial charge < -0.3 is 4.74 Å². The van der Waals surface area contributed by atoms with Crippen molar-refractivity contribution in [2.75, 3.05) is 0 Å². The van der Waals surface area contributed by atoms with E-state index in [2.05, 4.69) is 9.98 Å². The predicted octanol–water partition coefficient (Wildman–Crippen LogP) is 2.65. The van der Waals surface area contributed by atoms with Crippen molar-refractivity contribution in [3.8, 4) is 11.6 Å². The second-order valence-corrected chi connectivity index (χ2v) is 3.25. The van der Waals surface area contributed by atoms with Crippen molar-refractivity contribution in [2.24, 2.45) is 4.99 Å². The highest BCUT2D eigenvalue weighted by Crippen LogP contribution is 2.29. The third-order valence-electron chi connectivity index (χ3n) is 2.06. The Morgan fingerprint density at radius 2 is 2.11 bits per heavy atom. The van der Waals surface area contributed by atoms with Crippen LogP contribution in [0.4, 0.5) is 10.1 Å². The number of aromatic nitrogens is 1. The molecule has 0 saturated carbocycles. The van der Waals surface area contributed by atoms with Gasteiger partial charge in [-0.05, 0) is 24.3 Å². The Balaban J connectivity index is 2.29. The molecule has 0 amide bonds. The monoisotopic (exact) mass is 247 g/mol. The van der Waals surface area contributed by atoms with Crippen molar-refractivity contribution >= 4 is 12.0 Å². The number of hydrogen-bond acceptors (Lipinski definition) is 4. The molecule has 1 heterocycles. The van der Waals surface area contributed by atoms with Gasteiger partial charge in [-0.1, -0.05) is 12.1 Å². The molecule has 0 spiro atoms. The first-order chi connectivity index (χ1) is 8.81. The minimum atomic E-state index is -0.488. The Morgan fingerprint density at radius 3 is 2.89 bits per heavy atom. The van der Waals surface area contributed by atoms with Crippen LogP contribution in [0.5, 0.6) is 11.6 Å². The van der Waals surface area contributed by atoms with Crippen LogP contribution in [0.25, 0.3) is 0 Å². The molecule has 0 fully saturated rings. The van der Waals surface area contributed by atoms with Crippen LogP contribution in [-0.2, 0) is 0 Å². The molecule has 0 radical (unpaired) electrons. The third kappa shape index (κ3) is 2.80. The van der Waals surface area contributed by atoms with Gasteiger partial charge >= 0.3 is 0 Å². The molecule has 2 rings (SSSR count). The zero-order chi connectivity index (χ0) is 12.8. The minimum Gasteiger partial charge on any atom is -0.434 e. The van der Waals surface area contributed by atoms with Crippen molar-refractivity contribution in [1.29, 1.82) is 0 Å². The minimum absolute atomic E-state index is 0.0598. The molecule has 0 aliphatic carbocycles. The Hall–Kier alpha value is -2.47. The molecular formula is C12H10FN3O2. The summed E-state index contributed by atoms with van der Waals surface area (Å²) in [4.78, 5) is 7.81. The molecule has 0 saturated heterocycles. The molecule has 1 aromatic carbocycles. The maximum absolute atomic E-state index is 13.4. The first kappa shape index (κ1) is 12.0. The number of hydrogen-bond donors (Lipinski definition) is 2. The van der Waals surface area contributed by atoms with Gasteiger partial charge in [0.15, 0.2) is 11.6 Å². The predicted molar refractivity (Wildman–Crippen MR) is 63.8 cm³/mol. The summed E-state index contributed by atoms with van der Waals surface area (Å²) < 4.78 is 18.7. The molecule has 0 aliphatic rings. The molecule has 6 heteroatoms. The van der Waals surface area contributed by atoms with Crippen molar-refractivity contribution < 1.29 is 14.3 Å². The van der Waals surface area contributed by atoms with E-state index in [1.165, 1.54) is 18.3 Å². The van der Waals surface area contributed by atoms with E-state index in [-0.39, 0.29) is 11.6 Å². The van der Waals surface area contributed by atoms with Crippen molar-refractivity contribution in [3.05, 3.63) is 48.4 Å². The molecule has 5 nitrogen and oxygen atoms in total. The van der Waals surface area contributed by atoms with Crippen LogP contribution >= 0.6 is 0 Å². The van der Waals surface area contributed by atoms with Gasteiger partial charge in [0, 0.05) is 6.20 Å². The molecular weight excluding hydrogens is 237 g/mol. The Bertz CT molecular complexity index is 561. The number of para-hydroxylation sites is 1. The lowest BCUT2D eigenvalue weighted by atomic mass is 10.3. The fourth-order valence-corrected chi connectivity index (χ4v) is 1.29. The van der Waals surface area contributed by atoms with E-state index in [4.69, 9.17) is 9.94 Å². The van der Waals surface area contributed by atoms with Gasteiger partial charge in [-0.3, -0.25) is 10.7 Å². The first-order valence-corrected chi connectivity index (χ1v) is 5.11.